The largest absolute Gasteiger partial charge is 0.394 e. The van der Waals surface area contributed by atoms with Crippen molar-refractivity contribution in [2.45, 2.75) is 113 Å². The number of ether oxygens (including phenoxy) is 3. The van der Waals surface area contributed by atoms with E-state index < -0.39 is 104 Å². The van der Waals surface area contributed by atoms with Crippen molar-refractivity contribution in [3.05, 3.63) is 0 Å². The number of aliphatic hydroxyl groups is 8. The van der Waals surface area contributed by atoms with Crippen molar-refractivity contribution < 1.29 is 82.9 Å². The lowest BCUT2D eigenvalue weighted by atomic mass is 9.78. The SMILES string of the molecule is CC(CC(CC(CC[C@]1(O)C(O)O[C@H](CO)C(OC2O[C@H](CO)C(O)[C@H](O)[C@H]2O)[C@@H]1O)C(=O)NCCC[N+](C)(C)C)C(=O)NCCC[N+](C)(C)C)C(=O)NCCC[N+](C)(C)C. The van der Waals surface area contributed by atoms with Gasteiger partial charge in [0.2, 0.25) is 17.7 Å². The summed E-state index contributed by atoms with van der Waals surface area (Å²) in [5.74, 6) is -3.41. The first-order chi connectivity index (χ1) is 28.1. The van der Waals surface area contributed by atoms with Crippen LogP contribution < -0.4 is 16.0 Å². The van der Waals surface area contributed by atoms with Gasteiger partial charge >= 0.3 is 0 Å². The summed E-state index contributed by atoms with van der Waals surface area (Å²) in [5, 5.41) is 94.5. The Labute approximate surface area is 362 Å². The lowest BCUT2D eigenvalue weighted by Crippen LogP contribution is -2.69. The van der Waals surface area contributed by atoms with E-state index in [9.17, 15) is 55.2 Å². The van der Waals surface area contributed by atoms with Crippen LogP contribution >= 0.6 is 0 Å². The van der Waals surface area contributed by atoms with Gasteiger partial charge in [-0.15, -0.1) is 0 Å². The molecule has 2 aliphatic heterocycles. The molecule has 2 aliphatic rings. The van der Waals surface area contributed by atoms with Gasteiger partial charge in [-0.05, 0) is 25.7 Å². The summed E-state index contributed by atoms with van der Waals surface area (Å²) >= 11 is 0. The molecule has 2 heterocycles. The smallest absolute Gasteiger partial charge is 0.223 e. The highest BCUT2D eigenvalue weighted by atomic mass is 16.7. The molecule has 2 rings (SSSR count). The quantitative estimate of drug-likeness (QED) is 0.0293. The van der Waals surface area contributed by atoms with Gasteiger partial charge < -0.3 is 84.5 Å². The zero-order valence-corrected chi connectivity index (χ0v) is 38.4. The number of aliphatic hydroxyl groups excluding tert-OH is 7. The van der Waals surface area contributed by atoms with E-state index in [4.69, 9.17) is 14.2 Å². The molecule has 0 aromatic rings. The third kappa shape index (κ3) is 18.1. The highest BCUT2D eigenvalue weighted by molar-refractivity contribution is 5.83. The van der Waals surface area contributed by atoms with Gasteiger partial charge in [-0.1, -0.05) is 6.92 Å². The normalized spacial score (nSPS) is 30.3. The van der Waals surface area contributed by atoms with Crippen LogP contribution in [0.1, 0.15) is 51.9 Å². The third-order valence-corrected chi connectivity index (χ3v) is 11.4. The Balaban J connectivity index is 2.41. The fourth-order valence-electron chi connectivity index (χ4n) is 7.62. The number of quaternary nitrogens is 3. The molecule has 2 fully saturated rings. The Hall–Kier alpha value is -2.15. The number of carbonyl (C=O) groups excluding carboxylic acids is 3. The van der Waals surface area contributed by atoms with Gasteiger partial charge in [0.15, 0.2) is 12.6 Å². The first-order valence-corrected chi connectivity index (χ1v) is 21.7. The third-order valence-electron chi connectivity index (χ3n) is 11.4. The Morgan fingerprint density at radius 3 is 1.56 bits per heavy atom. The summed E-state index contributed by atoms with van der Waals surface area (Å²) < 4.78 is 18.8. The van der Waals surface area contributed by atoms with E-state index >= 15 is 0 Å². The van der Waals surface area contributed by atoms with Gasteiger partial charge in [-0.3, -0.25) is 14.4 Å². The molecular formula is C41H83N6O14+3. The molecule has 0 spiro atoms. The highest BCUT2D eigenvalue weighted by Gasteiger charge is 2.57. The zero-order valence-electron chi connectivity index (χ0n) is 38.4. The van der Waals surface area contributed by atoms with Crippen molar-refractivity contribution in [2.75, 3.05) is 116 Å². The topological polar surface area (TPSA) is 277 Å². The summed E-state index contributed by atoms with van der Waals surface area (Å²) in [6.07, 6.45) is -14.5. The van der Waals surface area contributed by atoms with E-state index in [1.807, 2.05) is 42.3 Å². The van der Waals surface area contributed by atoms with E-state index in [1.54, 1.807) is 6.92 Å². The van der Waals surface area contributed by atoms with E-state index in [0.29, 0.717) is 41.4 Å². The fraction of sp³-hybridized carbons (Fsp3) is 0.927. The van der Waals surface area contributed by atoms with Crippen molar-refractivity contribution >= 4 is 17.7 Å². The van der Waals surface area contributed by atoms with Crippen LogP contribution in [0, 0.1) is 17.8 Å². The number of nitrogens with one attached hydrogen (secondary N) is 3. The van der Waals surface area contributed by atoms with Gasteiger partial charge in [0.25, 0.3) is 0 Å². The molecule has 0 saturated carbocycles. The average Bonchev–Trinajstić information content (AvgIpc) is 3.16. The van der Waals surface area contributed by atoms with Gasteiger partial charge in [0.05, 0.1) is 96.3 Å². The van der Waals surface area contributed by atoms with Gasteiger partial charge in [-0.2, -0.15) is 0 Å². The van der Waals surface area contributed by atoms with Crippen molar-refractivity contribution in [3.63, 3.8) is 0 Å². The number of hydrogen-bond donors (Lipinski definition) is 11. The standard InChI is InChI=1S/C41H80N6O14/c1-26(36(54)42-16-11-19-45(2,3)4)22-28(38(56)44-18-13-21-47(8,9)10)23-27(37(55)43-17-12-20-46(5,6)7)14-15-41(58)35(53)34(30(25-49)60-40(41)57)61-39-33(52)32(51)31(50)29(24-48)59-39/h26-35,39-40,48-53,57-58H,11-25H2,1-10H3/p+3/t26?,27?,28?,29-,30-,31?,32+,33-,34?,35+,39?,40?,41-/m1/s1. The second-order valence-electron chi connectivity index (χ2n) is 20.2. The van der Waals surface area contributed by atoms with Crippen molar-refractivity contribution in [2.24, 2.45) is 17.8 Å². The molecule has 3 amide bonds. The van der Waals surface area contributed by atoms with E-state index in [0.717, 1.165) is 30.5 Å². The van der Waals surface area contributed by atoms with Crippen LogP contribution in [0.25, 0.3) is 0 Å². The first kappa shape index (κ1) is 55.0. The maximum absolute atomic E-state index is 14.1. The van der Waals surface area contributed by atoms with Crippen LogP contribution in [0.4, 0.5) is 0 Å². The minimum atomic E-state index is -2.55. The molecular weight excluding hydrogens is 800 g/mol. The number of carbonyl (C=O) groups is 3. The van der Waals surface area contributed by atoms with Gasteiger partial charge in [0, 0.05) is 56.7 Å². The summed E-state index contributed by atoms with van der Waals surface area (Å²) in [6.45, 7) is 3.66. The number of nitrogens with zero attached hydrogens (tertiary/aromatic N) is 3. The van der Waals surface area contributed by atoms with E-state index in [-0.39, 0.29) is 31.1 Å². The molecule has 0 aliphatic carbocycles. The number of rotatable bonds is 26. The summed E-state index contributed by atoms with van der Waals surface area (Å²) in [4.78, 5) is 41.3. The molecule has 13 atom stereocenters. The van der Waals surface area contributed by atoms with Crippen molar-refractivity contribution in [1.29, 1.82) is 0 Å². The zero-order chi connectivity index (χ0) is 46.5. The molecule has 20 nitrogen and oxygen atoms in total. The molecule has 2 saturated heterocycles. The fourth-order valence-corrected chi connectivity index (χ4v) is 7.62. The van der Waals surface area contributed by atoms with Crippen LogP contribution in [-0.4, -0.2) is 249 Å². The lowest BCUT2D eigenvalue weighted by Gasteiger charge is -2.49. The van der Waals surface area contributed by atoms with Crippen LogP contribution in [0.5, 0.6) is 0 Å². The molecule has 0 bridgehead atoms. The Morgan fingerprint density at radius 2 is 1.10 bits per heavy atom. The van der Waals surface area contributed by atoms with Crippen LogP contribution in [0.2, 0.25) is 0 Å². The first-order valence-electron chi connectivity index (χ1n) is 21.7. The second-order valence-corrected chi connectivity index (χ2v) is 20.2. The molecule has 61 heavy (non-hydrogen) atoms. The van der Waals surface area contributed by atoms with Crippen LogP contribution in [0.15, 0.2) is 0 Å². The minimum Gasteiger partial charge on any atom is -0.394 e. The Morgan fingerprint density at radius 1 is 0.639 bits per heavy atom. The van der Waals surface area contributed by atoms with Crippen molar-refractivity contribution in [1.82, 2.24) is 16.0 Å². The maximum Gasteiger partial charge on any atom is 0.223 e. The molecule has 20 heteroatoms. The van der Waals surface area contributed by atoms with Gasteiger partial charge in [0.1, 0.15) is 48.3 Å². The molecule has 0 aromatic carbocycles. The monoisotopic (exact) mass is 884 g/mol. The number of amides is 3. The lowest BCUT2D eigenvalue weighted by molar-refractivity contribution is -0.870. The molecule has 0 radical (unpaired) electrons. The van der Waals surface area contributed by atoms with Gasteiger partial charge in [-0.25, -0.2) is 0 Å². The number of hydrogen-bond acceptors (Lipinski definition) is 14. The summed E-state index contributed by atoms with van der Waals surface area (Å²) in [7, 11) is 18.4. The maximum atomic E-state index is 14.1. The minimum absolute atomic E-state index is 0.0470. The van der Waals surface area contributed by atoms with Crippen molar-refractivity contribution in [3.8, 4) is 0 Å². The molecule has 0 aromatic heterocycles. The molecule has 11 N–H and O–H groups in total. The summed E-state index contributed by atoms with van der Waals surface area (Å²) in [5.41, 5.74) is -2.55. The van der Waals surface area contributed by atoms with Crippen LogP contribution in [0.3, 0.4) is 0 Å². The Kier molecular flexibility index (Phi) is 21.8. The van der Waals surface area contributed by atoms with Crippen LogP contribution in [-0.2, 0) is 28.6 Å². The van der Waals surface area contributed by atoms with E-state index in [2.05, 4.69) is 37.1 Å². The second kappa shape index (κ2) is 24.2. The van der Waals surface area contributed by atoms with E-state index in [1.165, 1.54) is 0 Å². The highest BCUT2D eigenvalue weighted by Crippen LogP contribution is 2.38. The predicted molar refractivity (Wildman–Crippen MR) is 224 cm³/mol. The summed E-state index contributed by atoms with van der Waals surface area (Å²) in [6, 6.07) is 0. The molecule has 7 unspecified atom stereocenters. The molecule has 358 valence electrons. The average molecular weight is 884 g/mol. The predicted octanol–water partition coefficient (Wildman–Crippen LogP) is -3.96. The Bertz CT molecular complexity index is 1340.